The molecule has 28 heavy (non-hydrogen) atoms. The first-order valence-corrected chi connectivity index (χ1v) is 9.41. The van der Waals surface area contributed by atoms with Crippen molar-refractivity contribution in [3.63, 3.8) is 0 Å². The number of thiazole rings is 1. The summed E-state index contributed by atoms with van der Waals surface area (Å²) in [5.41, 5.74) is 7.40. The van der Waals surface area contributed by atoms with E-state index in [0.29, 0.717) is 39.1 Å². The van der Waals surface area contributed by atoms with Gasteiger partial charge in [-0.25, -0.2) is 4.98 Å². The standard InChI is InChI=1S/C19H17N5O3S/c1-3-22-19-24-17-15(28-19)14-13(18(25)23-17)12(11(8-20)16(21)27-14)9-4-6-10(26-2)7-5-9/h4-7,12H,3,21H2,1-2H3,(H2,22,23,24,25)/t12-/m0/s1. The van der Waals surface area contributed by atoms with Crippen LogP contribution >= 0.6 is 11.3 Å². The number of ether oxygens (including phenoxy) is 2. The van der Waals surface area contributed by atoms with E-state index in [4.69, 9.17) is 15.2 Å². The van der Waals surface area contributed by atoms with E-state index in [0.717, 1.165) is 5.56 Å². The summed E-state index contributed by atoms with van der Waals surface area (Å²) >= 11 is 1.36. The lowest BCUT2D eigenvalue weighted by atomic mass is 9.84. The van der Waals surface area contributed by atoms with E-state index in [2.05, 4.69) is 21.4 Å². The van der Waals surface area contributed by atoms with Crippen LogP contribution in [0.25, 0.3) is 10.3 Å². The number of nitriles is 1. The molecular weight excluding hydrogens is 378 g/mol. The van der Waals surface area contributed by atoms with Crippen molar-refractivity contribution >= 4 is 26.8 Å². The van der Waals surface area contributed by atoms with Crippen molar-refractivity contribution in [2.24, 2.45) is 5.73 Å². The Morgan fingerprint density at radius 1 is 1.43 bits per heavy atom. The minimum Gasteiger partial charge on any atom is -0.497 e. The maximum absolute atomic E-state index is 12.9. The molecule has 0 unspecified atom stereocenters. The lowest BCUT2D eigenvalue weighted by Gasteiger charge is -2.25. The minimum absolute atomic E-state index is 0.0129. The van der Waals surface area contributed by atoms with Crippen LogP contribution in [-0.4, -0.2) is 23.6 Å². The van der Waals surface area contributed by atoms with Gasteiger partial charge in [0.1, 0.15) is 22.1 Å². The number of pyridine rings is 1. The molecule has 0 radical (unpaired) electrons. The molecule has 9 heteroatoms. The molecule has 0 aliphatic carbocycles. The predicted octanol–water partition coefficient (Wildman–Crippen LogP) is 2.64. The fraction of sp³-hybridized carbons (Fsp3) is 0.211. The number of anilines is 1. The number of allylic oxidation sites excluding steroid dienone is 1. The van der Waals surface area contributed by atoms with Gasteiger partial charge in [0.05, 0.1) is 18.6 Å². The number of H-pyrrole nitrogens is 1. The van der Waals surface area contributed by atoms with Gasteiger partial charge in [0.15, 0.2) is 16.5 Å². The highest BCUT2D eigenvalue weighted by molar-refractivity contribution is 7.22. The van der Waals surface area contributed by atoms with Gasteiger partial charge in [0.2, 0.25) is 5.88 Å². The first kappa shape index (κ1) is 17.9. The molecule has 0 amide bonds. The summed E-state index contributed by atoms with van der Waals surface area (Å²) in [6, 6.07) is 9.26. The molecule has 4 N–H and O–H groups in total. The van der Waals surface area contributed by atoms with E-state index in [1.807, 2.05) is 19.1 Å². The number of hydrogen-bond acceptors (Lipinski definition) is 8. The smallest absolute Gasteiger partial charge is 0.257 e. The second kappa shape index (κ2) is 6.90. The van der Waals surface area contributed by atoms with Gasteiger partial charge in [0, 0.05) is 6.54 Å². The van der Waals surface area contributed by atoms with Gasteiger partial charge >= 0.3 is 0 Å². The van der Waals surface area contributed by atoms with Crippen LogP contribution in [0, 0.1) is 11.3 Å². The molecule has 1 aromatic carbocycles. The highest BCUT2D eigenvalue weighted by atomic mass is 32.1. The second-order valence-corrected chi connectivity index (χ2v) is 7.12. The summed E-state index contributed by atoms with van der Waals surface area (Å²) in [6.07, 6.45) is 0. The van der Waals surface area contributed by atoms with Crippen molar-refractivity contribution < 1.29 is 9.47 Å². The van der Waals surface area contributed by atoms with E-state index < -0.39 is 5.92 Å². The van der Waals surface area contributed by atoms with Gasteiger partial charge in [-0.15, -0.1) is 0 Å². The van der Waals surface area contributed by atoms with Gasteiger partial charge in [0.25, 0.3) is 5.56 Å². The molecular formula is C19H17N5O3S. The largest absolute Gasteiger partial charge is 0.497 e. The van der Waals surface area contributed by atoms with Gasteiger partial charge in [-0.05, 0) is 24.6 Å². The normalized spacial score (nSPS) is 15.7. The average Bonchev–Trinajstić information content (AvgIpc) is 3.10. The SMILES string of the molecule is CCNc1nc2[nH]c(=O)c3c(c2s1)OC(N)=C(C#N)[C@@H]3c1ccc(OC)cc1. The Bertz CT molecular complexity index is 1190. The molecule has 0 saturated heterocycles. The summed E-state index contributed by atoms with van der Waals surface area (Å²) in [5.74, 6) is 0.366. The Kier molecular flexibility index (Phi) is 4.41. The number of rotatable bonds is 4. The zero-order chi connectivity index (χ0) is 19.8. The first-order chi connectivity index (χ1) is 13.6. The lowest BCUT2D eigenvalue weighted by molar-refractivity contribution is 0.397. The monoisotopic (exact) mass is 395 g/mol. The average molecular weight is 395 g/mol. The van der Waals surface area contributed by atoms with Crippen LogP contribution in [0.3, 0.4) is 0 Å². The molecule has 0 bridgehead atoms. The number of nitrogens with one attached hydrogen (secondary N) is 2. The first-order valence-electron chi connectivity index (χ1n) is 8.59. The van der Waals surface area contributed by atoms with Crippen LogP contribution in [-0.2, 0) is 0 Å². The van der Waals surface area contributed by atoms with E-state index in [1.54, 1.807) is 19.2 Å². The van der Waals surface area contributed by atoms with E-state index in [1.165, 1.54) is 11.3 Å². The quantitative estimate of drug-likeness (QED) is 0.620. The van der Waals surface area contributed by atoms with Crippen LogP contribution in [0.2, 0.25) is 0 Å². The molecule has 1 aliphatic heterocycles. The van der Waals surface area contributed by atoms with Crippen LogP contribution < -0.4 is 26.1 Å². The number of aromatic nitrogens is 2. The fourth-order valence-corrected chi connectivity index (χ4v) is 4.23. The topological polar surface area (TPSA) is 126 Å². The predicted molar refractivity (Wildman–Crippen MR) is 107 cm³/mol. The van der Waals surface area contributed by atoms with Gasteiger partial charge in [-0.2, -0.15) is 5.26 Å². The molecule has 8 nitrogen and oxygen atoms in total. The summed E-state index contributed by atoms with van der Waals surface area (Å²) < 4.78 is 11.6. The molecule has 3 heterocycles. The Labute approximate surface area is 164 Å². The van der Waals surface area contributed by atoms with E-state index in [9.17, 15) is 10.1 Å². The fourth-order valence-electron chi connectivity index (χ4n) is 3.25. The number of hydrogen-bond donors (Lipinski definition) is 3. The van der Waals surface area contributed by atoms with Crippen LogP contribution in [0.15, 0.2) is 40.5 Å². The maximum Gasteiger partial charge on any atom is 0.257 e. The van der Waals surface area contributed by atoms with Crippen molar-refractivity contribution in [2.75, 3.05) is 19.0 Å². The van der Waals surface area contributed by atoms with Crippen molar-refractivity contribution in [3.05, 3.63) is 57.2 Å². The summed E-state index contributed by atoms with van der Waals surface area (Å²) in [6.45, 7) is 2.66. The van der Waals surface area contributed by atoms with Crippen LogP contribution in [0.1, 0.15) is 24.0 Å². The zero-order valence-electron chi connectivity index (χ0n) is 15.2. The number of benzene rings is 1. The number of nitrogens with two attached hydrogens (primary N) is 1. The molecule has 4 rings (SSSR count). The molecule has 1 atom stereocenters. The van der Waals surface area contributed by atoms with Crippen molar-refractivity contribution in [1.29, 1.82) is 5.26 Å². The maximum atomic E-state index is 12.9. The third-order valence-corrected chi connectivity index (χ3v) is 5.52. The van der Waals surface area contributed by atoms with Crippen molar-refractivity contribution in [3.8, 4) is 17.6 Å². The van der Waals surface area contributed by atoms with Gasteiger partial charge < -0.3 is 25.5 Å². The van der Waals surface area contributed by atoms with Gasteiger partial charge in [-0.1, -0.05) is 23.5 Å². The molecule has 0 fully saturated rings. The van der Waals surface area contributed by atoms with Crippen LogP contribution in [0.4, 0.5) is 5.13 Å². The number of methoxy groups -OCH3 is 1. The summed E-state index contributed by atoms with van der Waals surface area (Å²) in [5, 5.41) is 13.5. The molecule has 1 aliphatic rings. The Balaban J connectivity index is 1.98. The third-order valence-electron chi connectivity index (χ3n) is 4.51. The Hall–Kier alpha value is -3.51. The highest BCUT2D eigenvalue weighted by Crippen LogP contribution is 2.45. The Morgan fingerprint density at radius 2 is 2.18 bits per heavy atom. The molecule has 2 aromatic heterocycles. The van der Waals surface area contributed by atoms with E-state index >= 15 is 0 Å². The third kappa shape index (κ3) is 2.75. The van der Waals surface area contributed by atoms with Gasteiger partial charge in [-0.3, -0.25) is 4.79 Å². The number of fused-ring (bicyclic) bond motifs is 3. The molecule has 0 spiro atoms. The zero-order valence-corrected chi connectivity index (χ0v) is 16.0. The molecule has 0 saturated carbocycles. The molecule has 142 valence electrons. The van der Waals surface area contributed by atoms with Crippen molar-refractivity contribution in [1.82, 2.24) is 9.97 Å². The van der Waals surface area contributed by atoms with Crippen LogP contribution in [0.5, 0.6) is 11.5 Å². The number of nitrogens with zero attached hydrogens (tertiary/aromatic N) is 2. The lowest BCUT2D eigenvalue weighted by Crippen LogP contribution is -2.27. The summed E-state index contributed by atoms with van der Waals surface area (Å²) in [4.78, 5) is 20.1. The van der Waals surface area contributed by atoms with Crippen molar-refractivity contribution in [2.45, 2.75) is 12.8 Å². The highest BCUT2D eigenvalue weighted by Gasteiger charge is 2.35. The number of aromatic amines is 1. The summed E-state index contributed by atoms with van der Waals surface area (Å²) in [7, 11) is 1.57. The Morgan fingerprint density at radius 3 is 2.82 bits per heavy atom. The molecule has 3 aromatic rings. The minimum atomic E-state index is -0.641. The second-order valence-electron chi connectivity index (χ2n) is 6.12. The van der Waals surface area contributed by atoms with E-state index in [-0.39, 0.29) is 17.0 Å².